The van der Waals surface area contributed by atoms with Gasteiger partial charge in [0.05, 0.1) is 9.79 Å². The number of rotatable bonds is 6. The van der Waals surface area contributed by atoms with Gasteiger partial charge in [0.1, 0.15) is 0 Å². The van der Waals surface area contributed by atoms with Crippen molar-refractivity contribution in [3.8, 4) is 0 Å². The van der Waals surface area contributed by atoms with Crippen LogP contribution in [0.25, 0.3) is 0 Å². The molecule has 2 aromatic rings. The molecule has 0 atom stereocenters. The van der Waals surface area contributed by atoms with Crippen LogP contribution < -0.4 is 0 Å². The first-order valence-corrected chi connectivity index (χ1v) is 8.21. The second-order valence-corrected chi connectivity index (χ2v) is 6.73. The normalized spacial score (nSPS) is 11.0. The Labute approximate surface area is 126 Å². The third-order valence-electron chi connectivity index (χ3n) is 3.18. The van der Waals surface area contributed by atoms with Crippen molar-refractivity contribution in [2.24, 2.45) is 0 Å². The molecule has 0 aliphatic heterocycles. The molecule has 3 heteroatoms. The third-order valence-corrected chi connectivity index (χ3v) is 4.93. The molecule has 2 nitrogen and oxygen atoms in total. The molecule has 0 aromatic heterocycles. The van der Waals surface area contributed by atoms with E-state index in [0.717, 1.165) is 11.1 Å². The Morgan fingerprint density at radius 1 is 0.810 bits per heavy atom. The zero-order chi connectivity index (χ0) is 15.3. The molecule has 0 unspecified atom stereocenters. The first kappa shape index (κ1) is 15.3. The molecule has 0 aliphatic carbocycles. The number of allylic oxidation sites excluding steroid dienone is 2. The molecule has 0 N–H and O–H groups in total. The smallest absolute Gasteiger partial charge is 0.206 e. The van der Waals surface area contributed by atoms with Crippen LogP contribution in [0, 0.1) is 0 Å². The van der Waals surface area contributed by atoms with Crippen molar-refractivity contribution in [1.82, 2.24) is 0 Å². The molecule has 0 fully saturated rings. The maximum atomic E-state index is 12.7. The van der Waals surface area contributed by atoms with Crippen LogP contribution in [0.5, 0.6) is 0 Å². The van der Waals surface area contributed by atoms with Crippen molar-refractivity contribution in [1.29, 1.82) is 0 Å². The Kier molecular flexibility index (Phi) is 4.76. The van der Waals surface area contributed by atoms with E-state index in [0.29, 0.717) is 22.6 Å². The number of benzene rings is 2. The van der Waals surface area contributed by atoms with Gasteiger partial charge in [-0.15, -0.1) is 13.2 Å². The summed E-state index contributed by atoms with van der Waals surface area (Å²) in [5.41, 5.74) is 1.88. The van der Waals surface area contributed by atoms with Crippen LogP contribution in [0.2, 0.25) is 0 Å². The van der Waals surface area contributed by atoms with E-state index in [4.69, 9.17) is 0 Å². The standard InChI is InChI=1S/C18H18O2S/c1-3-7-15-9-5-11-17(13-15)21(19,20)18-12-6-10-16(14-18)8-4-2/h3-6,9-14H,1-2,7-8H2. The Bertz CT molecular complexity index is 699. The summed E-state index contributed by atoms with van der Waals surface area (Å²) in [6.45, 7) is 7.36. The Morgan fingerprint density at radius 3 is 1.62 bits per heavy atom. The van der Waals surface area contributed by atoms with Crippen LogP contribution >= 0.6 is 0 Å². The Morgan fingerprint density at radius 2 is 1.24 bits per heavy atom. The summed E-state index contributed by atoms with van der Waals surface area (Å²) in [5, 5.41) is 0. The van der Waals surface area contributed by atoms with E-state index in [2.05, 4.69) is 13.2 Å². The van der Waals surface area contributed by atoms with Crippen LogP contribution in [0.4, 0.5) is 0 Å². The molecule has 21 heavy (non-hydrogen) atoms. The number of hydrogen-bond acceptors (Lipinski definition) is 2. The van der Waals surface area contributed by atoms with Gasteiger partial charge in [0.2, 0.25) is 9.84 Å². The minimum Gasteiger partial charge on any atom is -0.219 e. The monoisotopic (exact) mass is 298 g/mol. The Balaban J connectivity index is 2.46. The van der Waals surface area contributed by atoms with E-state index < -0.39 is 9.84 Å². The van der Waals surface area contributed by atoms with E-state index in [1.165, 1.54) is 0 Å². The minimum absolute atomic E-state index is 0.317. The fraction of sp³-hybridized carbons (Fsp3) is 0.111. The molecule has 2 rings (SSSR count). The second kappa shape index (κ2) is 6.55. The highest BCUT2D eigenvalue weighted by Crippen LogP contribution is 2.23. The van der Waals surface area contributed by atoms with Crippen molar-refractivity contribution < 1.29 is 8.42 Å². The lowest BCUT2D eigenvalue weighted by Crippen LogP contribution is -2.03. The minimum atomic E-state index is -3.49. The van der Waals surface area contributed by atoms with Gasteiger partial charge in [0.15, 0.2) is 0 Å². The van der Waals surface area contributed by atoms with Gasteiger partial charge in [-0.05, 0) is 48.2 Å². The van der Waals surface area contributed by atoms with Gasteiger partial charge in [0.25, 0.3) is 0 Å². The van der Waals surface area contributed by atoms with Crippen molar-refractivity contribution >= 4 is 9.84 Å². The maximum Gasteiger partial charge on any atom is 0.206 e. The highest BCUT2D eigenvalue weighted by Gasteiger charge is 2.17. The largest absolute Gasteiger partial charge is 0.219 e. The summed E-state index contributed by atoms with van der Waals surface area (Å²) in [7, 11) is -3.49. The molecular weight excluding hydrogens is 280 g/mol. The maximum absolute atomic E-state index is 12.7. The van der Waals surface area contributed by atoms with Crippen LogP contribution in [0.15, 0.2) is 83.6 Å². The van der Waals surface area contributed by atoms with E-state index in [9.17, 15) is 8.42 Å². The molecule has 0 spiro atoms. The van der Waals surface area contributed by atoms with Gasteiger partial charge in [-0.25, -0.2) is 8.42 Å². The summed E-state index contributed by atoms with van der Waals surface area (Å²) in [6, 6.07) is 14.0. The average molecular weight is 298 g/mol. The molecule has 0 bridgehead atoms. The van der Waals surface area contributed by atoms with Crippen LogP contribution in [0.1, 0.15) is 11.1 Å². The lowest BCUT2D eigenvalue weighted by Gasteiger charge is -2.07. The van der Waals surface area contributed by atoms with Gasteiger partial charge in [-0.3, -0.25) is 0 Å². The van der Waals surface area contributed by atoms with Crippen LogP contribution in [-0.2, 0) is 22.7 Å². The summed E-state index contributed by atoms with van der Waals surface area (Å²) in [6.07, 6.45) is 4.83. The lowest BCUT2D eigenvalue weighted by atomic mass is 10.1. The molecular formula is C18H18O2S. The Hall–Kier alpha value is -2.13. The fourth-order valence-electron chi connectivity index (χ4n) is 2.15. The van der Waals surface area contributed by atoms with Crippen molar-refractivity contribution in [2.45, 2.75) is 22.6 Å². The predicted octanol–water partition coefficient (Wildman–Crippen LogP) is 3.98. The lowest BCUT2D eigenvalue weighted by molar-refractivity contribution is 0.596. The first-order valence-electron chi connectivity index (χ1n) is 6.72. The SMILES string of the molecule is C=CCc1cccc(S(=O)(=O)c2cccc(CC=C)c2)c1. The van der Waals surface area contributed by atoms with E-state index in [1.54, 1.807) is 48.6 Å². The summed E-state index contributed by atoms with van der Waals surface area (Å²) in [5.74, 6) is 0. The third kappa shape index (κ3) is 3.50. The zero-order valence-corrected chi connectivity index (χ0v) is 12.6. The van der Waals surface area contributed by atoms with E-state index >= 15 is 0 Å². The average Bonchev–Trinajstić information content (AvgIpc) is 2.48. The zero-order valence-electron chi connectivity index (χ0n) is 11.8. The van der Waals surface area contributed by atoms with Crippen LogP contribution in [0.3, 0.4) is 0 Å². The summed E-state index contributed by atoms with van der Waals surface area (Å²) >= 11 is 0. The molecule has 0 aliphatic rings. The van der Waals surface area contributed by atoms with Gasteiger partial charge in [-0.1, -0.05) is 36.4 Å². The number of sulfone groups is 1. The summed E-state index contributed by atoms with van der Waals surface area (Å²) < 4.78 is 25.4. The van der Waals surface area contributed by atoms with Gasteiger partial charge < -0.3 is 0 Å². The molecule has 0 saturated carbocycles. The molecule has 2 aromatic carbocycles. The molecule has 0 saturated heterocycles. The molecule has 0 radical (unpaired) electrons. The second-order valence-electron chi connectivity index (χ2n) is 4.78. The van der Waals surface area contributed by atoms with Crippen LogP contribution in [-0.4, -0.2) is 8.42 Å². The van der Waals surface area contributed by atoms with Gasteiger partial charge in [0, 0.05) is 0 Å². The molecule has 0 heterocycles. The summed E-state index contributed by atoms with van der Waals surface area (Å²) in [4.78, 5) is 0.634. The fourth-order valence-corrected chi connectivity index (χ4v) is 3.55. The van der Waals surface area contributed by atoms with Gasteiger partial charge >= 0.3 is 0 Å². The highest BCUT2D eigenvalue weighted by atomic mass is 32.2. The molecule has 108 valence electrons. The van der Waals surface area contributed by atoms with Gasteiger partial charge in [-0.2, -0.15) is 0 Å². The van der Waals surface area contributed by atoms with Crippen molar-refractivity contribution in [3.05, 3.63) is 85.0 Å². The van der Waals surface area contributed by atoms with Crippen molar-refractivity contribution in [3.63, 3.8) is 0 Å². The topological polar surface area (TPSA) is 34.1 Å². The van der Waals surface area contributed by atoms with E-state index in [-0.39, 0.29) is 0 Å². The first-order chi connectivity index (χ1) is 10.1. The highest BCUT2D eigenvalue weighted by molar-refractivity contribution is 7.91. The molecule has 0 amide bonds. The quantitative estimate of drug-likeness (QED) is 0.756. The van der Waals surface area contributed by atoms with Crippen molar-refractivity contribution in [2.75, 3.05) is 0 Å². The number of hydrogen-bond donors (Lipinski definition) is 0. The van der Waals surface area contributed by atoms with E-state index in [1.807, 2.05) is 12.1 Å². The predicted molar refractivity (Wildman–Crippen MR) is 86.1 cm³/mol.